The molecule has 86 valence electrons. The molecular formula is C10H10O5S. The third-order valence-corrected chi connectivity index (χ3v) is 2.83. The van der Waals surface area contributed by atoms with Crippen molar-refractivity contribution < 1.29 is 22.1 Å². The minimum Gasteiger partial charge on any atom is -0.466 e. The molecule has 0 bridgehead atoms. The Bertz CT molecular complexity index is 475. The minimum absolute atomic E-state index is 0.0181. The van der Waals surface area contributed by atoms with Gasteiger partial charge in [0, 0.05) is 0 Å². The Morgan fingerprint density at radius 3 is 2.44 bits per heavy atom. The van der Waals surface area contributed by atoms with Crippen molar-refractivity contribution in [2.75, 3.05) is 7.11 Å². The lowest BCUT2D eigenvalue weighted by Gasteiger charge is -2.01. The Balaban J connectivity index is 2.75. The number of carbonyl (C=O) groups is 1. The first kappa shape index (κ1) is 12.3. The molecule has 0 saturated heterocycles. The number of hydrogen-bond donors (Lipinski definition) is 0. The molecule has 0 aliphatic carbocycles. The highest BCUT2D eigenvalue weighted by Gasteiger charge is 2.12. The summed E-state index contributed by atoms with van der Waals surface area (Å²) in [6.07, 6.45) is 1.65. The van der Waals surface area contributed by atoms with Gasteiger partial charge in [0.1, 0.15) is 11.2 Å². The maximum Gasteiger partial charge on any atom is 0.338 e. The number of hydrogen-bond acceptors (Lipinski definition) is 5. The third-order valence-electron chi connectivity index (χ3n) is 1.62. The summed E-state index contributed by atoms with van der Waals surface area (Å²) in [4.78, 5) is 10.7. The van der Waals surface area contributed by atoms with E-state index in [1.165, 1.54) is 19.2 Å². The smallest absolute Gasteiger partial charge is 0.338 e. The zero-order valence-electron chi connectivity index (χ0n) is 8.49. The molecular weight excluding hydrogens is 232 g/mol. The highest BCUT2D eigenvalue weighted by atomic mass is 32.2. The standard InChI is InChI=1S/C10H10O5S/c1-14-10(11)7-8-15-16(12,13)9-5-3-2-4-6-9/h2-8H,1H3/b8-7-. The predicted octanol–water partition coefficient (Wildman–Crippen LogP) is 1.08. The second-order valence-corrected chi connectivity index (χ2v) is 4.26. The summed E-state index contributed by atoms with van der Waals surface area (Å²) in [6, 6.07) is 7.60. The molecule has 6 heteroatoms. The first-order valence-corrected chi connectivity index (χ1v) is 5.70. The maximum atomic E-state index is 11.5. The van der Waals surface area contributed by atoms with Crippen LogP contribution >= 0.6 is 0 Å². The SMILES string of the molecule is COC(=O)/C=C\OS(=O)(=O)c1ccccc1. The number of methoxy groups -OCH3 is 1. The zero-order chi connectivity index (χ0) is 12.0. The topological polar surface area (TPSA) is 69.7 Å². The molecule has 0 fully saturated rings. The molecule has 0 atom stereocenters. The van der Waals surface area contributed by atoms with Gasteiger partial charge in [-0.2, -0.15) is 8.42 Å². The number of ether oxygens (including phenoxy) is 1. The number of esters is 1. The van der Waals surface area contributed by atoms with Crippen LogP contribution in [0.3, 0.4) is 0 Å². The van der Waals surface area contributed by atoms with E-state index >= 15 is 0 Å². The second-order valence-electron chi connectivity index (χ2n) is 2.69. The van der Waals surface area contributed by atoms with Crippen LogP contribution in [-0.4, -0.2) is 21.5 Å². The molecule has 5 nitrogen and oxygen atoms in total. The lowest BCUT2D eigenvalue weighted by atomic mass is 10.4. The molecule has 0 radical (unpaired) electrons. The maximum absolute atomic E-state index is 11.5. The molecule has 0 amide bonds. The molecule has 0 N–H and O–H groups in total. The fourth-order valence-electron chi connectivity index (χ4n) is 0.867. The Kier molecular flexibility index (Phi) is 4.07. The van der Waals surface area contributed by atoms with Crippen molar-refractivity contribution in [1.82, 2.24) is 0 Å². The summed E-state index contributed by atoms with van der Waals surface area (Å²) in [5.41, 5.74) is 0. The average molecular weight is 242 g/mol. The van der Waals surface area contributed by atoms with E-state index in [1.54, 1.807) is 18.2 Å². The second kappa shape index (κ2) is 5.32. The summed E-state index contributed by atoms with van der Waals surface area (Å²) in [5.74, 6) is -0.691. The fourth-order valence-corrected chi connectivity index (χ4v) is 1.67. The van der Waals surface area contributed by atoms with Crippen LogP contribution in [0.1, 0.15) is 0 Å². The Hall–Kier alpha value is -1.82. The minimum atomic E-state index is -3.86. The third kappa shape index (κ3) is 3.39. The summed E-state index contributed by atoms with van der Waals surface area (Å²) in [5, 5.41) is 0. The Morgan fingerprint density at radius 2 is 1.88 bits per heavy atom. The van der Waals surface area contributed by atoms with Crippen molar-refractivity contribution in [1.29, 1.82) is 0 Å². The molecule has 16 heavy (non-hydrogen) atoms. The van der Waals surface area contributed by atoms with Gasteiger partial charge in [0.15, 0.2) is 0 Å². The van der Waals surface area contributed by atoms with Crippen molar-refractivity contribution in [3.05, 3.63) is 42.7 Å². The molecule has 1 aromatic carbocycles. The number of carbonyl (C=O) groups excluding carboxylic acids is 1. The first-order chi connectivity index (χ1) is 7.56. The van der Waals surface area contributed by atoms with Crippen molar-refractivity contribution in [3.63, 3.8) is 0 Å². The molecule has 0 heterocycles. The van der Waals surface area contributed by atoms with Gasteiger partial charge < -0.3 is 8.92 Å². The molecule has 0 aliphatic heterocycles. The van der Waals surface area contributed by atoms with Crippen LogP contribution in [0, 0.1) is 0 Å². The van der Waals surface area contributed by atoms with Crippen LogP contribution in [-0.2, 0) is 23.8 Å². The monoisotopic (exact) mass is 242 g/mol. The Labute approximate surface area is 93.4 Å². The van der Waals surface area contributed by atoms with Crippen LogP contribution in [0.5, 0.6) is 0 Å². The molecule has 1 aromatic rings. The van der Waals surface area contributed by atoms with Crippen LogP contribution in [0.4, 0.5) is 0 Å². The largest absolute Gasteiger partial charge is 0.466 e. The number of rotatable bonds is 4. The summed E-state index contributed by atoms with van der Waals surface area (Å²) in [6.45, 7) is 0. The van der Waals surface area contributed by atoms with Crippen LogP contribution in [0.2, 0.25) is 0 Å². The lowest BCUT2D eigenvalue weighted by Crippen LogP contribution is -2.02. The van der Waals surface area contributed by atoms with Crippen LogP contribution in [0.15, 0.2) is 47.6 Å². The van der Waals surface area contributed by atoms with Gasteiger partial charge in [-0.15, -0.1) is 0 Å². The van der Waals surface area contributed by atoms with Gasteiger partial charge in [0.25, 0.3) is 0 Å². The van der Waals surface area contributed by atoms with Gasteiger partial charge in [0.2, 0.25) is 0 Å². The average Bonchev–Trinajstić information content (AvgIpc) is 2.30. The normalized spacial score (nSPS) is 11.3. The van der Waals surface area contributed by atoms with E-state index in [-0.39, 0.29) is 4.90 Å². The zero-order valence-corrected chi connectivity index (χ0v) is 9.31. The van der Waals surface area contributed by atoms with Crippen LogP contribution in [0.25, 0.3) is 0 Å². The van der Waals surface area contributed by atoms with E-state index in [0.717, 1.165) is 12.3 Å². The van der Waals surface area contributed by atoms with Crippen LogP contribution < -0.4 is 0 Å². The highest BCUT2D eigenvalue weighted by molar-refractivity contribution is 7.86. The van der Waals surface area contributed by atoms with E-state index < -0.39 is 16.1 Å². The summed E-state index contributed by atoms with van der Waals surface area (Å²) in [7, 11) is -2.68. The van der Waals surface area contributed by atoms with Gasteiger partial charge >= 0.3 is 16.1 Å². The van der Waals surface area contributed by atoms with Gasteiger partial charge in [0.05, 0.1) is 13.2 Å². The van der Waals surface area contributed by atoms with Crippen molar-refractivity contribution in [2.45, 2.75) is 4.90 Å². The van der Waals surface area contributed by atoms with E-state index in [9.17, 15) is 13.2 Å². The fraction of sp³-hybridized carbons (Fsp3) is 0.100. The lowest BCUT2D eigenvalue weighted by molar-refractivity contribution is -0.134. The molecule has 1 rings (SSSR count). The quantitative estimate of drug-likeness (QED) is 0.342. The summed E-state index contributed by atoms with van der Waals surface area (Å²) >= 11 is 0. The predicted molar refractivity (Wildman–Crippen MR) is 55.9 cm³/mol. The van der Waals surface area contributed by atoms with E-state index in [1.807, 2.05) is 0 Å². The van der Waals surface area contributed by atoms with Crippen molar-refractivity contribution in [2.24, 2.45) is 0 Å². The Morgan fingerprint density at radius 1 is 1.25 bits per heavy atom. The molecule has 0 aromatic heterocycles. The van der Waals surface area contributed by atoms with Gasteiger partial charge in [-0.25, -0.2) is 4.79 Å². The van der Waals surface area contributed by atoms with Crippen molar-refractivity contribution >= 4 is 16.1 Å². The van der Waals surface area contributed by atoms with Gasteiger partial charge in [-0.05, 0) is 12.1 Å². The molecule has 0 aliphatic rings. The molecule has 0 saturated carbocycles. The highest BCUT2D eigenvalue weighted by Crippen LogP contribution is 2.11. The van der Waals surface area contributed by atoms with E-state index in [2.05, 4.69) is 8.92 Å². The van der Waals surface area contributed by atoms with Crippen molar-refractivity contribution in [3.8, 4) is 0 Å². The molecule has 0 unspecified atom stereocenters. The van der Waals surface area contributed by atoms with E-state index in [0.29, 0.717) is 0 Å². The molecule has 0 spiro atoms. The van der Waals surface area contributed by atoms with E-state index in [4.69, 9.17) is 0 Å². The summed E-state index contributed by atoms with van der Waals surface area (Å²) < 4.78 is 31.7. The number of benzene rings is 1. The van der Waals surface area contributed by atoms with Gasteiger partial charge in [-0.3, -0.25) is 0 Å². The first-order valence-electron chi connectivity index (χ1n) is 4.29. The van der Waals surface area contributed by atoms with Gasteiger partial charge in [-0.1, -0.05) is 18.2 Å².